The van der Waals surface area contributed by atoms with E-state index in [4.69, 9.17) is 11.6 Å². The van der Waals surface area contributed by atoms with E-state index in [2.05, 4.69) is 18.3 Å². The van der Waals surface area contributed by atoms with Crippen LogP contribution in [0.15, 0.2) is 18.2 Å². The highest BCUT2D eigenvalue weighted by Gasteiger charge is 2.35. The third-order valence-corrected chi connectivity index (χ3v) is 4.22. The number of nitriles is 1. The van der Waals surface area contributed by atoms with Gasteiger partial charge in [-0.2, -0.15) is 5.26 Å². The number of benzene rings is 1. The van der Waals surface area contributed by atoms with Crippen LogP contribution in [-0.2, 0) is 0 Å². The van der Waals surface area contributed by atoms with Crippen LogP contribution in [0, 0.1) is 24.2 Å². The SMILES string of the molecule is Cc1cc(Cl)cc(C(=O)NC2(C#N)CCC(C)CC2)c1. The summed E-state index contributed by atoms with van der Waals surface area (Å²) in [6.07, 6.45) is 3.39. The number of rotatable bonds is 2. The molecular weight excluding hydrogens is 272 g/mol. The number of aryl methyl sites for hydroxylation is 1. The van der Waals surface area contributed by atoms with Gasteiger partial charge in [-0.15, -0.1) is 0 Å². The average molecular weight is 291 g/mol. The number of carbonyl (C=O) groups is 1. The van der Waals surface area contributed by atoms with Crippen molar-refractivity contribution in [2.24, 2.45) is 5.92 Å². The molecule has 0 spiro atoms. The highest BCUT2D eigenvalue weighted by atomic mass is 35.5. The van der Waals surface area contributed by atoms with Gasteiger partial charge in [-0.1, -0.05) is 18.5 Å². The van der Waals surface area contributed by atoms with Crippen LogP contribution in [0.25, 0.3) is 0 Å². The van der Waals surface area contributed by atoms with Crippen LogP contribution in [0.3, 0.4) is 0 Å². The minimum Gasteiger partial charge on any atom is -0.334 e. The summed E-state index contributed by atoms with van der Waals surface area (Å²) >= 11 is 5.98. The van der Waals surface area contributed by atoms with E-state index < -0.39 is 5.54 Å². The van der Waals surface area contributed by atoms with Crippen LogP contribution in [-0.4, -0.2) is 11.4 Å². The second-order valence-electron chi connectivity index (χ2n) is 5.85. The van der Waals surface area contributed by atoms with Crippen LogP contribution in [0.4, 0.5) is 0 Å². The Kier molecular flexibility index (Phi) is 4.35. The molecule has 106 valence electrons. The molecule has 1 N–H and O–H groups in total. The van der Waals surface area contributed by atoms with Crippen molar-refractivity contribution in [3.63, 3.8) is 0 Å². The maximum atomic E-state index is 12.3. The van der Waals surface area contributed by atoms with E-state index in [9.17, 15) is 10.1 Å². The summed E-state index contributed by atoms with van der Waals surface area (Å²) in [6.45, 7) is 4.08. The fraction of sp³-hybridized carbons (Fsp3) is 0.500. The number of nitrogens with one attached hydrogen (secondary N) is 1. The zero-order chi connectivity index (χ0) is 14.8. The van der Waals surface area contributed by atoms with Crippen molar-refractivity contribution in [3.8, 4) is 6.07 Å². The summed E-state index contributed by atoms with van der Waals surface area (Å²) in [7, 11) is 0. The third-order valence-electron chi connectivity index (χ3n) is 4.00. The molecule has 3 nitrogen and oxygen atoms in total. The van der Waals surface area contributed by atoms with Gasteiger partial charge in [0.2, 0.25) is 0 Å². The fourth-order valence-corrected chi connectivity index (χ4v) is 2.97. The Morgan fingerprint density at radius 3 is 2.60 bits per heavy atom. The van der Waals surface area contributed by atoms with Crippen molar-refractivity contribution in [1.29, 1.82) is 5.26 Å². The van der Waals surface area contributed by atoms with Gasteiger partial charge in [-0.3, -0.25) is 4.79 Å². The molecule has 20 heavy (non-hydrogen) atoms. The Bertz CT molecular complexity index is 534. The molecule has 1 aromatic rings. The lowest BCUT2D eigenvalue weighted by molar-refractivity contribution is 0.0894. The quantitative estimate of drug-likeness (QED) is 0.899. The molecule has 0 saturated heterocycles. The Morgan fingerprint density at radius 2 is 2.05 bits per heavy atom. The molecule has 2 rings (SSSR count). The van der Waals surface area contributed by atoms with Crippen molar-refractivity contribution in [3.05, 3.63) is 34.3 Å². The van der Waals surface area contributed by atoms with Gasteiger partial charge in [-0.25, -0.2) is 0 Å². The topological polar surface area (TPSA) is 52.9 Å². The Morgan fingerprint density at radius 1 is 1.40 bits per heavy atom. The lowest BCUT2D eigenvalue weighted by Crippen LogP contribution is -2.49. The maximum absolute atomic E-state index is 12.3. The number of hydrogen-bond donors (Lipinski definition) is 1. The number of carbonyl (C=O) groups excluding carboxylic acids is 1. The molecule has 0 unspecified atom stereocenters. The summed E-state index contributed by atoms with van der Waals surface area (Å²) in [5.74, 6) is 0.411. The molecule has 1 saturated carbocycles. The zero-order valence-electron chi connectivity index (χ0n) is 11.9. The first-order chi connectivity index (χ1) is 9.44. The summed E-state index contributed by atoms with van der Waals surface area (Å²) in [5.41, 5.74) is 0.731. The van der Waals surface area contributed by atoms with Crippen molar-refractivity contribution < 1.29 is 4.79 Å². The Hall–Kier alpha value is -1.53. The van der Waals surface area contributed by atoms with Gasteiger partial charge in [-0.05, 0) is 62.3 Å². The Labute approximate surface area is 124 Å². The standard InChI is InChI=1S/C16H19ClN2O/c1-11-3-5-16(10-18,6-4-11)19-15(20)13-7-12(2)8-14(17)9-13/h7-9,11H,3-6H2,1-2H3,(H,19,20). The number of halogens is 1. The smallest absolute Gasteiger partial charge is 0.252 e. The first-order valence-corrected chi connectivity index (χ1v) is 7.33. The first kappa shape index (κ1) is 14.9. The monoisotopic (exact) mass is 290 g/mol. The molecule has 1 aliphatic carbocycles. The first-order valence-electron chi connectivity index (χ1n) is 6.95. The van der Waals surface area contributed by atoms with E-state index in [1.165, 1.54) is 0 Å². The van der Waals surface area contributed by atoms with Gasteiger partial charge in [0.05, 0.1) is 6.07 Å². The van der Waals surface area contributed by atoms with Crippen molar-refractivity contribution in [2.45, 2.75) is 45.1 Å². The van der Waals surface area contributed by atoms with Gasteiger partial charge < -0.3 is 5.32 Å². The van der Waals surface area contributed by atoms with Crippen molar-refractivity contribution in [2.75, 3.05) is 0 Å². The zero-order valence-corrected chi connectivity index (χ0v) is 12.6. The molecule has 1 aliphatic rings. The molecule has 4 heteroatoms. The predicted molar refractivity (Wildman–Crippen MR) is 79.6 cm³/mol. The maximum Gasteiger partial charge on any atom is 0.252 e. The van der Waals surface area contributed by atoms with E-state index in [-0.39, 0.29) is 5.91 Å². The van der Waals surface area contributed by atoms with Gasteiger partial charge >= 0.3 is 0 Å². The molecular formula is C16H19ClN2O. The molecule has 0 heterocycles. The second kappa shape index (κ2) is 5.85. The lowest BCUT2D eigenvalue weighted by Gasteiger charge is -2.34. The predicted octanol–water partition coefficient (Wildman–Crippen LogP) is 3.85. The normalized spacial score (nSPS) is 25.8. The molecule has 1 fully saturated rings. The van der Waals surface area contributed by atoms with E-state index >= 15 is 0 Å². The van der Waals surface area contributed by atoms with Crippen molar-refractivity contribution in [1.82, 2.24) is 5.32 Å². The molecule has 1 amide bonds. The minimum atomic E-state index is -0.722. The summed E-state index contributed by atoms with van der Waals surface area (Å²) in [4.78, 5) is 12.3. The van der Waals surface area contributed by atoms with Crippen molar-refractivity contribution >= 4 is 17.5 Å². The molecule has 0 radical (unpaired) electrons. The van der Waals surface area contributed by atoms with Crippen LogP contribution >= 0.6 is 11.6 Å². The van der Waals surface area contributed by atoms with Gasteiger partial charge in [0.25, 0.3) is 5.91 Å². The second-order valence-corrected chi connectivity index (χ2v) is 6.28. The highest BCUT2D eigenvalue weighted by Crippen LogP contribution is 2.31. The fourth-order valence-electron chi connectivity index (χ4n) is 2.68. The lowest BCUT2D eigenvalue weighted by atomic mass is 9.78. The van der Waals surface area contributed by atoms with Crippen LogP contribution in [0.1, 0.15) is 48.5 Å². The number of nitrogens with zero attached hydrogens (tertiary/aromatic N) is 1. The highest BCUT2D eigenvalue weighted by molar-refractivity contribution is 6.31. The average Bonchev–Trinajstić information content (AvgIpc) is 2.40. The van der Waals surface area contributed by atoms with Crippen LogP contribution in [0.2, 0.25) is 5.02 Å². The molecule has 0 bridgehead atoms. The molecule has 0 atom stereocenters. The largest absolute Gasteiger partial charge is 0.334 e. The number of amides is 1. The number of hydrogen-bond acceptors (Lipinski definition) is 2. The van der Waals surface area contributed by atoms with E-state index in [0.717, 1.165) is 31.2 Å². The molecule has 0 aliphatic heterocycles. The van der Waals surface area contributed by atoms with Crippen LogP contribution in [0.5, 0.6) is 0 Å². The summed E-state index contributed by atoms with van der Waals surface area (Å²) in [5, 5.41) is 12.9. The van der Waals surface area contributed by atoms with Crippen LogP contribution < -0.4 is 5.32 Å². The minimum absolute atomic E-state index is 0.216. The van der Waals surface area contributed by atoms with E-state index in [1.54, 1.807) is 18.2 Å². The van der Waals surface area contributed by atoms with Gasteiger partial charge in [0.15, 0.2) is 0 Å². The summed E-state index contributed by atoms with van der Waals surface area (Å²) in [6, 6.07) is 7.54. The van der Waals surface area contributed by atoms with Gasteiger partial charge in [0, 0.05) is 10.6 Å². The van der Waals surface area contributed by atoms with E-state index in [1.807, 2.05) is 6.92 Å². The third kappa shape index (κ3) is 3.32. The van der Waals surface area contributed by atoms with Gasteiger partial charge in [0.1, 0.15) is 5.54 Å². The Balaban J connectivity index is 2.16. The van der Waals surface area contributed by atoms with E-state index in [0.29, 0.717) is 16.5 Å². The molecule has 1 aromatic carbocycles. The summed E-state index contributed by atoms with van der Waals surface area (Å²) < 4.78 is 0. The molecule has 0 aromatic heterocycles.